The largest absolute Gasteiger partial charge is 0.409 e. The molecule has 0 saturated heterocycles. The second-order valence-corrected chi connectivity index (χ2v) is 5.74. The highest BCUT2D eigenvalue weighted by molar-refractivity contribution is 7.99. The molecule has 2 rings (SSSR count). The number of hydrogen-bond donors (Lipinski definition) is 2. The molecule has 0 aromatic carbocycles. The maximum Gasteiger partial charge on any atom is 0.194 e. The van der Waals surface area contributed by atoms with Gasteiger partial charge in [-0.1, -0.05) is 5.16 Å². The number of oxime groups is 1. The molecule has 0 fully saturated rings. The van der Waals surface area contributed by atoms with Gasteiger partial charge in [-0.25, -0.2) is 15.0 Å². The predicted molar refractivity (Wildman–Crippen MR) is 81.9 cm³/mol. The average molecular weight is 303 g/mol. The van der Waals surface area contributed by atoms with Gasteiger partial charge >= 0.3 is 0 Å². The van der Waals surface area contributed by atoms with E-state index in [4.69, 9.17) is 10.9 Å². The Morgan fingerprint density at radius 3 is 2.19 bits per heavy atom. The zero-order valence-corrected chi connectivity index (χ0v) is 13.2. The molecule has 0 radical (unpaired) electrons. The molecule has 7 heteroatoms. The third kappa shape index (κ3) is 3.49. The molecule has 6 nitrogen and oxygen atoms in total. The number of rotatable bonds is 3. The molecule has 0 atom stereocenters. The van der Waals surface area contributed by atoms with E-state index in [1.165, 1.54) is 11.8 Å². The van der Waals surface area contributed by atoms with Crippen LogP contribution < -0.4 is 5.73 Å². The van der Waals surface area contributed by atoms with Crippen molar-refractivity contribution in [3.05, 3.63) is 40.3 Å². The fourth-order valence-electron chi connectivity index (χ4n) is 2.06. The van der Waals surface area contributed by atoms with Crippen LogP contribution in [0.4, 0.5) is 0 Å². The van der Waals surface area contributed by atoms with E-state index in [0.717, 1.165) is 22.6 Å². The van der Waals surface area contributed by atoms with Gasteiger partial charge in [-0.3, -0.25) is 0 Å². The third-order valence-electron chi connectivity index (χ3n) is 2.83. The van der Waals surface area contributed by atoms with E-state index in [1.54, 1.807) is 0 Å². The summed E-state index contributed by atoms with van der Waals surface area (Å²) in [5, 5.41) is 13.3. The molecular weight excluding hydrogens is 286 g/mol. The second-order valence-electron chi connectivity index (χ2n) is 4.78. The Morgan fingerprint density at radius 2 is 1.62 bits per heavy atom. The number of pyridine rings is 1. The minimum Gasteiger partial charge on any atom is -0.409 e. The van der Waals surface area contributed by atoms with Crippen molar-refractivity contribution in [3.8, 4) is 0 Å². The summed E-state index contributed by atoms with van der Waals surface area (Å²) in [6, 6.07) is 3.79. The van der Waals surface area contributed by atoms with Crippen molar-refractivity contribution in [2.24, 2.45) is 10.9 Å². The van der Waals surface area contributed by atoms with Crippen LogP contribution in [0.2, 0.25) is 0 Å². The van der Waals surface area contributed by atoms with Gasteiger partial charge in [0.25, 0.3) is 0 Å². The molecular formula is C14H17N5OS. The van der Waals surface area contributed by atoms with Gasteiger partial charge in [-0.2, -0.15) is 0 Å². The van der Waals surface area contributed by atoms with Crippen LogP contribution in [-0.2, 0) is 0 Å². The Morgan fingerprint density at radius 1 is 1.05 bits per heavy atom. The Bertz CT molecular complexity index is 695. The molecule has 2 aromatic rings. The van der Waals surface area contributed by atoms with E-state index in [-0.39, 0.29) is 5.84 Å². The summed E-state index contributed by atoms with van der Waals surface area (Å²) >= 11 is 1.31. The van der Waals surface area contributed by atoms with Gasteiger partial charge in [-0.15, -0.1) is 0 Å². The maximum absolute atomic E-state index is 8.96. The van der Waals surface area contributed by atoms with Crippen molar-refractivity contribution in [2.75, 3.05) is 0 Å². The van der Waals surface area contributed by atoms with Gasteiger partial charge in [0, 0.05) is 17.1 Å². The highest BCUT2D eigenvalue weighted by Gasteiger charge is 2.16. The number of hydrogen-bond acceptors (Lipinski definition) is 6. The topological polar surface area (TPSA) is 97.3 Å². The summed E-state index contributed by atoms with van der Waals surface area (Å²) in [6.45, 7) is 7.63. The first kappa shape index (κ1) is 15.2. The smallest absolute Gasteiger partial charge is 0.194 e. The summed E-state index contributed by atoms with van der Waals surface area (Å²) in [5.74, 6) is 0.0341. The van der Waals surface area contributed by atoms with E-state index in [1.807, 2.05) is 39.8 Å². The Kier molecular flexibility index (Phi) is 4.42. The average Bonchev–Trinajstić information content (AvgIpc) is 2.36. The van der Waals surface area contributed by atoms with E-state index in [2.05, 4.69) is 20.1 Å². The maximum atomic E-state index is 8.96. The summed E-state index contributed by atoms with van der Waals surface area (Å²) in [4.78, 5) is 13.2. The van der Waals surface area contributed by atoms with Crippen molar-refractivity contribution >= 4 is 17.6 Å². The van der Waals surface area contributed by atoms with Crippen molar-refractivity contribution in [1.29, 1.82) is 0 Å². The summed E-state index contributed by atoms with van der Waals surface area (Å²) < 4.78 is 0. The molecule has 3 N–H and O–H groups in total. The van der Waals surface area contributed by atoms with E-state index in [9.17, 15) is 0 Å². The Labute approximate surface area is 127 Å². The van der Waals surface area contributed by atoms with Crippen LogP contribution in [0.3, 0.4) is 0 Å². The predicted octanol–water partition coefficient (Wildman–Crippen LogP) is 2.35. The highest BCUT2D eigenvalue weighted by Crippen LogP contribution is 2.29. The SMILES string of the molecule is Cc1cc(C)nc(Sc2nc(C)cc(C)c2C(N)=NO)n1. The lowest BCUT2D eigenvalue weighted by Crippen LogP contribution is -2.17. The first-order valence-corrected chi connectivity index (χ1v) is 7.18. The fraction of sp³-hybridized carbons (Fsp3) is 0.286. The molecule has 0 saturated carbocycles. The molecule has 2 heterocycles. The number of nitrogens with zero attached hydrogens (tertiary/aromatic N) is 4. The highest BCUT2D eigenvalue weighted by atomic mass is 32.2. The lowest BCUT2D eigenvalue weighted by atomic mass is 10.1. The summed E-state index contributed by atoms with van der Waals surface area (Å²) in [7, 11) is 0. The van der Waals surface area contributed by atoms with Crippen LogP contribution in [-0.4, -0.2) is 26.0 Å². The van der Waals surface area contributed by atoms with Crippen LogP contribution in [0.15, 0.2) is 27.5 Å². The van der Waals surface area contributed by atoms with Gasteiger partial charge in [-0.05, 0) is 57.2 Å². The number of nitrogens with two attached hydrogens (primary N) is 1. The van der Waals surface area contributed by atoms with Crippen molar-refractivity contribution < 1.29 is 5.21 Å². The van der Waals surface area contributed by atoms with Crippen LogP contribution >= 0.6 is 11.8 Å². The Hall–Kier alpha value is -2.15. The standard InChI is InChI=1S/C14H17N5OS/c1-7-5-8(2)16-13(11(7)12(15)19-20)21-14-17-9(3)6-10(4)18-14/h5-6,20H,1-4H3,(H2,15,19). The van der Waals surface area contributed by atoms with Gasteiger partial charge in [0.1, 0.15) is 5.03 Å². The molecule has 0 amide bonds. The quantitative estimate of drug-likeness (QED) is 0.297. The monoisotopic (exact) mass is 303 g/mol. The number of aryl methyl sites for hydroxylation is 4. The summed E-state index contributed by atoms with van der Waals surface area (Å²) in [6.07, 6.45) is 0. The molecule has 2 aromatic heterocycles. The van der Waals surface area contributed by atoms with Crippen molar-refractivity contribution in [3.63, 3.8) is 0 Å². The number of amidine groups is 1. The minimum atomic E-state index is 0.0341. The zero-order chi connectivity index (χ0) is 15.6. The zero-order valence-electron chi connectivity index (χ0n) is 12.4. The molecule has 0 bridgehead atoms. The molecule has 0 aliphatic carbocycles. The van der Waals surface area contributed by atoms with Crippen LogP contribution in [0.25, 0.3) is 0 Å². The van der Waals surface area contributed by atoms with E-state index in [0.29, 0.717) is 15.7 Å². The van der Waals surface area contributed by atoms with Crippen LogP contribution in [0.5, 0.6) is 0 Å². The first-order valence-electron chi connectivity index (χ1n) is 6.37. The second kappa shape index (κ2) is 6.09. The lowest BCUT2D eigenvalue weighted by Gasteiger charge is -2.11. The van der Waals surface area contributed by atoms with Crippen LogP contribution in [0.1, 0.15) is 28.2 Å². The molecule has 0 aliphatic rings. The minimum absolute atomic E-state index is 0.0341. The number of aromatic nitrogens is 3. The van der Waals surface area contributed by atoms with Gasteiger partial charge < -0.3 is 10.9 Å². The normalized spacial score (nSPS) is 11.7. The van der Waals surface area contributed by atoms with Crippen LogP contribution in [0, 0.1) is 27.7 Å². The molecule has 0 spiro atoms. The Balaban J connectivity index is 2.52. The lowest BCUT2D eigenvalue weighted by molar-refractivity contribution is 0.318. The van der Waals surface area contributed by atoms with Crippen molar-refractivity contribution in [1.82, 2.24) is 15.0 Å². The third-order valence-corrected chi connectivity index (χ3v) is 3.68. The van der Waals surface area contributed by atoms with Gasteiger partial charge in [0.05, 0.1) is 5.56 Å². The first-order chi connectivity index (χ1) is 9.90. The molecule has 110 valence electrons. The molecule has 0 unspecified atom stereocenters. The molecule has 0 aliphatic heterocycles. The van der Waals surface area contributed by atoms with E-state index >= 15 is 0 Å². The fourth-order valence-corrected chi connectivity index (χ4v) is 3.17. The van der Waals surface area contributed by atoms with Crippen molar-refractivity contribution in [2.45, 2.75) is 37.9 Å². The summed E-state index contributed by atoms with van der Waals surface area (Å²) in [5.41, 5.74) is 9.90. The van der Waals surface area contributed by atoms with Gasteiger partial charge in [0.15, 0.2) is 11.0 Å². The van der Waals surface area contributed by atoms with Gasteiger partial charge in [0.2, 0.25) is 0 Å². The van der Waals surface area contributed by atoms with E-state index < -0.39 is 0 Å². The molecule has 21 heavy (non-hydrogen) atoms.